The van der Waals surface area contributed by atoms with Crippen LogP contribution in [0.15, 0.2) is 46.5 Å². The minimum absolute atomic E-state index is 0.855. The first kappa shape index (κ1) is 19.3. The highest BCUT2D eigenvalue weighted by atomic mass is 16.5. The Morgan fingerprint density at radius 1 is 1.14 bits per heavy atom. The Morgan fingerprint density at radius 2 is 1.81 bits per heavy atom. The molecule has 0 aliphatic rings. The monoisotopic (exact) mass is 293 g/mol. The lowest BCUT2D eigenvalue weighted by molar-refractivity contribution is 0.300. The van der Waals surface area contributed by atoms with Crippen molar-refractivity contribution in [3.63, 3.8) is 0 Å². The van der Waals surface area contributed by atoms with Crippen molar-refractivity contribution in [2.24, 2.45) is 5.73 Å². The highest BCUT2D eigenvalue weighted by molar-refractivity contribution is 5.36. The summed E-state index contributed by atoms with van der Waals surface area (Å²) in [5, 5.41) is 0. The molecule has 0 saturated carbocycles. The summed E-state index contributed by atoms with van der Waals surface area (Å²) in [4.78, 5) is 0. The van der Waals surface area contributed by atoms with Crippen LogP contribution in [0.25, 0.3) is 0 Å². The number of hydrogen-bond donors (Lipinski definition) is 3. The number of ether oxygens (including phenoxy) is 1. The molecule has 0 aromatic rings. The molecule has 0 rings (SSSR count). The third kappa shape index (κ3) is 7.04. The van der Waals surface area contributed by atoms with E-state index in [-0.39, 0.29) is 0 Å². The number of hydrazine groups is 1. The van der Waals surface area contributed by atoms with Crippen LogP contribution in [-0.2, 0) is 4.74 Å². The van der Waals surface area contributed by atoms with Gasteiger partial charge in [0.1, 0.15) is 5.76 Å². The molecule has 0 aromatic carbocycles. The third-order valence-corrected chi connectivity index (χ3v) is 3.09. The zero-order valence-electron chi connectivity index (χ0n) is 14.3. The van der Waals surface area contributed by atoms with Gasteiger partial charge in [-0.05, 0) is 43.9 Å². The van der Waals surface area contributed by atoms with Crippen LogP contribution in [0, 0.1) is 0 Å². The fourth-order valence-corrected chi connectivity index (χ4v) is 2.00. The van der Waals surface area contributed by atoms with Crippen molar-refractivity contribution in [3.8, 4) is 0 Å². The van der Waals surface area contributed by atoms with Gasteiger partial charge in [-0.25, -0.2) is 5.43 Å². The Kier molecular flexibility index (Phi) is 10.1. The summed E-state index contributed by atoms with van der Waals surface area (Å²) in [5.74, 6) is 0.870. The molecule has 0 bridgehead atoms. The average molecular weight is 293 g/mol. The smallest absolute Gasteiger partial charge is 0.121 e. The SMILES string of the molecule is CC/C=C(C)/C(=C\C=C(C)\C(NNC)=C(/N)CCC)OC. The molecule has 0 heterocycles. The molecule has 0 radical (unpaired) electrons. The predicted molar refractivity (Wildman–Crippen MR) is 91.2 cm³/mol. The van der Waals surface area contributed by atoms with Gasteiger partial charge in [0, 0.05) is 12.7 Å². The van der Waals surface area contributed by atoms with Crippen LogP contribution in [0.3, 0.4) is 0 Å². The average Bonchev–Trinajstić information content (AvgIpc) is 2.45. The topological polar surface area (TPSA) is 59.3 Å². The lowest BCUT2D eigenvalue weighted by Gasteiger charge is -2.14. The van der Waals surface area contributed by atoms with Crippen LogP contribution >= 0.6 is 0 Å². The van der Waals surface area contributed by atoms with Crippen molar-refractivity contribution in [1.82, 2.24) is 10.9 Å². The number of allylic oxidation sites excluding steroid dienone is 6. The van der Waals surface area contributed by atoms with Gasteiger partial charge in [-0.3, -0.25) is 0 Å². The van der Waals surface area contributed by atoms with E-state index in [0.717, 1.165) is 47.6 Å². The lowest BCUT2D eigenvalue weighted by atomic mass is 10.1. The number of nitrogens with one attached hydrogen (secondary N) is 2. The maximum Gasteiger partial charge on any atom is 0.121 e. The van der Waals surface area contributed by atoms with Crippen molar-refractivity contribution >= 4 is 0 Å². The van der Waals surface area contributed by atoms with Crippen molar-refractivity contribution in [3.05, 3.63) is 46.5 Å². The van der Waals surface area contributed by atoms with Crippen LogP contribution in [0.5, 0.6) is 0 Å². The summed E-state index contributed by atoms with van der Waals surface area (Å²) in [6.07, 6.45) is 9.02. The second kappa shape index (κ2) is 11.0. The standard InChI is InChI=1S/C17H31N3O/c1-7-9-13(3)16(21-6)12-11-14(4)17(20-19-5)15(18)10-8-2/h9,11-12,19-20H,7-8,10,18H2,1-6H3/b13-9+,14-11+,16-12+,17-15+. The van der Waals surface area contributed by atoms with Gasteiger partial charge < -0.3 is 15.9 Å². The normalized spacial score (nSPS) is 14.9. The highest BCUT2D eigenvalue weighted by Crippen LogP contribution is 2.15. The minimum atomic E-state index is 0.855. The predicted octanol–water partition coefficient (Wildman–Crippen LogP) is 3.51. The van der Waals surface area contributed by atoms with Crippen LogP contribution in [0.2, 0.25) is 0 Å². The lowest BCUT2D eigenvalue weighted by Crippen LogP contribution is -2.30. The van der Waals surface area contributed by atoms with E-state index in [4.69, 9.17) is 10.5 Å². The van der Waals surface area contributed by atoms with E-state index in [1.165, 1.54) is 0 Å². The molecule has 0 amide bonds. The van der Waals surface area contributed by atoms with E-state index in [0.29, 0.717) is 0 Å². The molecular formula is C17H31N3O. The van der Waals surface area contributed by atoms with E-state index >= 15 is 0 Å². The molecule has 4 heteroatoms. The van der Waals surface area contributed by atoms with E-state index in [9.17, 15) is 0 Å². The molecule has 21 heavy (non-hydrogen) atoms. The maximum atomic E-state index is 6.13. The highest BCUT2D eigenvalue weighted by Gasteiger charge is 2.05. The molecule has 0 aromatic heterocycles. The molecule has 120 valence electrons. The molecular weight excluding hydrogens is 262 g/mol. The van der Waals surface area contributed by atoms with Gasteiger partial charge in [-0.15, -0.1) is 0 Å². The maximum absolute atomic E-state index is 6.13. The number of nitrogens with two attached hydrogens (primary N) is 1. The molecule has 0 aliphatic carbocycles. The first-order chi connectivity index (χ1) is 10.0. The van der Waals surface area contributed by atoms with Gasteiger partial charge >= 0.3 is 0 Å². The van der Waals surface area contributed by atoms with Gasteiger partial charge in [-0.1, -0.05) is 32.4 Å². The van der Waals surface area contributed by atoms with Crippen molar-refractivity contribution in [1.29, 1.82) is 0 Å². The van der Waals surface area contributed by atoms with E-state index in [2.05, 4.69) is 37.7 Å². The fourth-order valence-electron chi connectivity index (χ4n) is 2.00. The Hall–Kier alpha value is -1.68. The fraction of sp³-hybridized carbons (Fsp3) is 0.529. The largest absolute Gasteiger partial charge is 0.497 e. The molecule has 0 aliphatic heterocycles. The summed E-state index contributed by atoms with van der Waals surface area (Å²) < 4.78 is 5.43. The van der Waals surface area contributed by atoms with Gasteiger partial charge in [0.05, 0.1) is 12.8 Å². The molecule has 0 saturated heterocycles. The molecule has 0 atom stereocenters. The summed E-state index contributed by atoms with van der Waals surface area (Å²) in [6, 6.07) is 0. The van der Waals surface area contributed by atoms with Crippen LogP contribution in [0.4, 0.5) is 0 Å². The first-order valence-corrected chi connectivity index (χ1v) is 7.53. The summed E-state index contributed by atoms with van der Waals surface area (Å²) in [5.41, 5.74) is 16.2. The third-order valence-electron chi connectivity index (χ3n) is 3.09. The Balaban J connectivity index is 5.38. The summed E-state index contributed by atoms with van der Waals surface area (Å²) in [7, 11) is 3.52. The number of methoxy groups -OCH3 is 1. The van der Waals surface area contributed by atoms with Crippen molar-refractivity contribution in [2.75, 3.05) is 14.2 Å². The van der Waals surface area contributed by atoms with Gasteiger partial charge in [0.25, 0.3) is 0 Å². The van der Waals surface area contributed by atoms with E-state index < -0.39 is 0 Å². The van der Waals surface area contributed by atoms with E-state index in [1.807, 2.05) is 26.1 Å². The van der Waals surface area contributed by atoms with E-state index in [1.54, 1.807) is 7.11 Å². The molecule has 4 N–H and O–H groups in total. The Bertz CT molecular complexity index is 431. The molecule has 0 fully saturated rings. The minimum Gasteiger partial charge on any atom is -0.497 e. The quantitative estimate of drug-likeness (QED) is 0.346. The molecule has 4 nitrogen and oxygen atoms in total. The summed E-state index contributed by atoms with van der Waals surface area (Å²) >= 11 is 0. The van der Waals surface area contributed by atoms with Gasteiger partial charge in [0.2, 0.25) is 0 Å². The molecule has 0 spiro atoms. The summed E-state index contributed by atoms with van der Waals surface area (Å²) in [6.45, 7) is 8.31. The second-order valence-corrected chi connectivity index (χ2v) is 4.91. The van der Waals surface area contributed by atoms with Crippen LogP contribution in [-0.4, -0.2) is 14.2 Å². The Morgan fingerprint density at radius 3 is 2.29 bits per heavy atom. The molecule has 0 unspecified atom stereocenters. The van der Waals surface area contributed by atoms with Crippen molar-refractivity contribution in [2.45, 2.75) is 47.0 Å². The number of rotatable bonds is 9. The van der Waals surface area contributed by atoms with Gasteiger partial charge in [0.15, 0.2) is 0 Å². The zero-order valence-corrected chi connectivity index (χ0v) is 14.3. The van der Waals surface area contributed by atoms with Crippen molar-refractivity contribution < 1.29 is 4.74 Å². The first-order valence-electron chi connectivity index (χ1n) is 7.53. The zero-order chi connectivity index (χ0) is 16.3. The van der Waals surface area contributed by atoms with Gasteiger partial charge in [-0.2, -0.15) is 0 Å². The Labute approximate surface area is 129 Å². The number of hydrogen-bond acceptors (Lipinski definition) is 4. The van der Waals surface area contributed by atoms with Crippen LogP contribution < -0.4 is 16.6 Å². The second-order valence-electron chi connectivity index (χ2n) is 4.91. The van der Waals surface area contributed by atoms with Crippen LogP contribution in [0.1, 0.15) is 47.0 Å².